The summed E-state index contributed by atoms with van der Waals surface area (Å²) in [5.41, 5.74) is 0. The quantitative estimate of drug-likeness (QED) is 0.0324. The molecule has 0 aromatic rings. The van der Waals surface area contributed by atoms with Crippen LogP contribution in [0.5, 0.6) is 0 Å². The minimum absolute atomic E-state index is 0.00826. The number of unbranched alkanes of at least 4 members (excludes halogenated alkanes) is 17. The summed E-state index contributed by atoms with van der Waals surface area (Å²) >= 11 is 0. The van der Waals surface area contributed by atoms with Gasteiger partial charge in [0.25, 0.3) is 0 Å². The molecular formula is C55H89NO5. The average molecular weight is 844 g/mol. The lowest BCUT2D eigenvalue weighted by Crippen LogP contribution is -2.46. The predicted molar refractivity (Wildman–Crippen MR) is 263 cm³/mol. The maximum atomic E-state index is 13.2. The van der Waals surface area contributed by atoms with Gasteiger partial charge in [0.05, 0.1) is 25.2 Å². The minimum atomic E-state index is -0.827. The van der Waals surface area contributed by atoms with Crippen LogP contribution in [0.3, 0.4) is 0 Å². The topological polar surface area (TPSA) is 95.9 Å². The Morgan fingerprint density at radius 1 is 0.492 bits per heavy atom. The van der Waals surface area contributed by atoms with E-state index in [2.05, 4.69) is 44.3 Å². The van der Waals surface area contributed by atoms with Crippen molar-refractivity contribution in [2.45, 2.75) is 206 Å². The third-order valence-electron chi connectivity index (χ3n) is 10.3. The number of hydrogen-bond acceptors (Lipinski definition) is 5. The highest BCUT2D eigenvalue weighted by molar-refractivity contribution is 5.77. The Labute approximate surface area is 374 Å². The van der Waals surface area contributed by atoms with Crippen molar-refractivity contribution in [3.05, 3.63) is 122 Å². The zero-order valence-corrected chi connectivity index (χ0v) is 39.0. The molecule has 3 atom stereocenters. The van der Waals surface area contributed by atoms with E-state index in [0.29, 0.717) is 19.3 Å². The molecule has 0 aliphatic heterocycles. The average Bonchev–Trinajstić information content (AvgIpc) is 3.25. The van der Waals surface area contributed by atoms with Gasteiger partial charge in [-0.3, -0.25) is 9.59 Å². The normalized spacial score (nSPS) is 14.4. The summed E-state index contributed by atoms with van der Waals surface area (Å²) in [5.74, 6) is -0.649. The summed E-state index contributed by atoms with van der Waals surface area (Å²) < 4.78 is 5.83. The van der Waals surface area contributed by atoms with Crippen molar-refractivity contribution in [3.8, 4) is 0 Å². The molecule has 0 radical (unpaired) electrons. The Balaban J connectivity index is 4.77. The summed E-state index contributed by atoms with van der Waals surface area (Å²) in [7, 11) is 0. The first-order valence-electron chi connectivity index (χ1n) is 24.4. The predicted octanol–water partition coefficient (Wildman–Crippen LogP) is 14.5. The number of rotatable bonds is 41. The van der Waals surface area contributed by atoms with Crippen LogP contribution >= 0.6 is 0 Å². The lowest BCUT2D eigenvalue weighted by Gasteiger charge is -2.24. The van der Waals surface area contributed by atoms with Crippen molar-refractivity contribution in [2.24, 2.45) is 0 Å². The van der Waals surface area contributed by atoms with Crippen molar-refractivity contribution in [2.75, 3.05) is 6.61 Å². The van der Waals surface area contributed by atoms with Crippen LogP contribution in [-0.2, 0) is 14.3 Å². The van der Waals surface area contributed by atoms with Gasteiger partial charge in [-0.15, -0.1) is 0 Å². The molecule has 6 heteroatoms. The van der Waals surface area contributed by atoms with Crippen molar-refractivity contribution < 1.29 is 24.5 Å². The zero-order valence-electron chi connectivity index (χ0n) is 39.0. The second-order valence-corrected chi connectivity index (χ2v) is 16.0. The summed E-state index contributed by atoms with van der Waals surface area (Å²) in [6.07, 6.45) is 65.5. The first kappa shape index (κ1) is 57.3. The number of allylic oxidation sites excluding steroid dienone is 20. The van der Waals surface area contributed by atoms with E-state index in [0.717, 1.165) is 51.4 Å². The van der Waals surface area contributed by atoms with Crippen molar-refractivity contribution in [1.82, 2.24) is 5.32 Å². The van der Waals surface area contributed by atoms with Crippen LogP contribution in [0.15, 0.2) is 122 Å². The highest BCUT2D eigenvalue weighted by atomic mass is 16.5. The molecule has 344 valence electrons. The maximum Gasteiger partial charge on any atom is 0.306 e. The molecule has 1 amide bonds. The Kier molecular flexibility index (Phi) is 44.4. The van der Waals surface area contributed by atoms with Crippen molar-refractivity contribution in [1.29, 1.82) is 0 Å². The number of ether oxygens (including phenoxy) is 1. The molecule has 0 aromatic carbocycles. The monoisotopic (exact) mass is 844 g/mol. The number of hydrogen-bond donors (Lipinski definition) is 3. The van der Waals surface area contributed by atoms with E-state index in [1.807, 2.05) is 103 Å². The van der Waals surface area contributed by atoms with Gasteiger partial charge in [-0.2, -0.15) is 0 Å². The second-order valence-electron chi connectivity index (χ2n) is 16.0. The standard InChI is InChI=1S/C55H89NO5/c1-4-7-10-13-16-19-22-25-26-27-30-32-35-38-41-44-47-53(58)52(50-57)56-54(59)49-51(46-43-40-37-34-31-28-23-20-17-14-11-8-5-2)61-55(60)48-45-42-39-36-33-29-24-21-18-15-12-9-6-3/h8-9,11-12,14-15,17-18,20-21,23-24,28-29,31,33-34,36-37,39,51-53,57-58H,4-7,10,13,16,19,22,25-27,30,32,35,38,40-50H2,1-3H3,(H,56,59)/b11-8+,12-9+,17-14+,18-15+,23-20-,24-21-,31-28-,33-29-,37-34+,39-36+. The van der Waals surface area contributed by atoms with E-state index in [9.17, 15) is 19.8 Å². The van der Waals surface area contributed by atoms with Crippen LogP contribution in [0.25, 0.3) is 0 Å². The van der Waals surface area contributed by atoms with Gasteiger partial charge in [0.1, 0.15) is 6.10 Å². The lowest BCUT2D eigenvalue weighted by molar-refractivity contribution is -0.151. The van der Waals surface area contributed by atoms with Gasteiger partial charge in [0, 0.05) is 6.42 Å². The van der Waals surface area contributed by atoms with Crippen LogP contribution < -0.4 is 5.32 Å². The molecule has 0 aliphatic carbocycles. The number of nitrogens with one attached hydrogen (secondary N) is 1. The van der Waals surface area contributed by atoms with Gasteiger partial charge in [-0.25, -0.2) is 0 Å². The molecule has 6 nitrogen and oxygen atoms in total. The van der Waals surface area contributed by atoms with Gasteiger partial charge < -0.3 is 20.3 Å². The van der Waals surface area contributed by atoms with Crippen LogP contribution in [0.4, 0.5) is 0 Å². The fourth-order valence-corrected chi connectivity index (χ4v) is 6.66. The van der Waals surface area contributed by atoms with Crippen LogP contribution in [0.2, 0.25) is 0 Å². The van der Waals surface area contributed by atoms with E-state index in [1.54, 1.807) is 0 Å². The number of aliphatic hydroxyl groups excluding tert-OH is 2. The molecule has 0 aromatic heterocycles. The van der Waals surface area contributed by atoms with Gasteiger partial charge in [-0.05, 0) is 51.4 Å². The summed E-state index contributed by atoms with van der Waals surface area (Å²) in [5, 5.41) is 23.7. The highest BCUT2D eigenvalue weighted by Crippen LogP contribution is 2.16. The highest BCUT2D eigenvalue weighted by Gasteiger charge is 2.23. The van der Waals surface area contributed by atoms with Crippen LogP contribution in [0, 0.1) is 0 Å². The molecule has 0 saturated carbocycles. The van der Waals surface area contributed by atoms with Crippen LogP contribution in [0.1, 0.15) is 188 Å². The first-order chi connectivity index (χ1) is 30.0. The van der Waals surface area contributed by atoms with Gasteiger partial charge in [-0.1, -0.05) is 245 Å². The largest absolute Gasteiger partial charge is 0.462 e. The molecule has 0 rings (SSSR count). The van der Waals surface area contributed by atoms with E-state index < -0.39 is 18.2 Å². The summed E-state index contributed by atoms with van der Waals surface area (Å²) in [6.45, 7) is 6.14. The second kappa shape index (κ2) is 47.3. The molecule has 0 bridgehead atoms. The Morgan fingerprint density at radius 2 is 0.885 bits per heavy atom. The van der Waals surface area contributed by atoms with E-state index in [4.69, 9.17) is 4.74 Å². The maximum absolute atomic E-state index is 13.2. The fourth-order valence-electron chi connectivity index (χ4n) is 6.66. The smallest absolute Gasteiger partial charge is 0.306 e. The van der Waals surface area contributed by atoms with E-state index in [1.165, 1.54) is 83.5 Å². The number of amides is 1. The van der Waals surface area contributed by atoms with Crippen LogP contribution in [-0.4, -0.2) is 46.9 Å². The van der Waals surface area contributed by atoms with Crippen molar-refractivity contribution in [3.63, 3.8) is 0 Å². The molecule has 0 spiro atoms. The van der Waals surface area contributed by atoms with Gasteiger partial charge >= 0.3 is 5.97 Å². The molecule has 0 saturated heterocycles. The Bertz CT molecular complexity index is 1310. The molecule has 0 aliphatic rings. The van der Waals surface area contributed by atoms with Gasteiger partial charge in [0.2, 0.25) is 5.91 Å². The molecule has 61 heavy (non-hydrogen) atoms. The number of carbonyl (C=O) groups excluding carboxylic acids is 2. The SMILES string of the molecule is CC/C=C/C=C/C=C\C=C/C=C/CCCC(=O)OC(CCC/C=C/C=C\C=C/C=C/C=C/CC)CC(=O)NC(CO)C(O)CCCCCCCCCCCCCCCCCC. The van der Waals surface area contributed by atoms with E-state index in [-0.39, 0.29) is 31.3 Å². The lowest BCUT2D eigenvalue weighted by atomic mass is 10.0. The zero-order chi connectivity index (χ0) is 44.5. The number of carbonyl (C=O) groups is 2. The number of aliphatic hydroxyl groups is 2. The van der Waals surface area contributed by atoms with Crippen molar-refractivity contribution >= 4 is 11.9 Å². The third-order valence-corrected chi connectivity index (χ3v) is 10.3. The summed E-state index contributed by atoms with van der Waals surface area (Å²) in [4.78, 5) is 26.0. The Hall–Kier alpha value is -3.74. The molecule has 0 fully saturated rings. The molecule has 0 heterocycles. The molecule has 3 unspecified atom stereocenters. The summed E-state index contributed by atoms with van der Waals surface area (Å²) in [6, 6.07) is -0.747. The molecular weight excluding hydrogens is 755 g/mol. The fraction of sp³-hybridized carbons (Fsp3) is 0.600. The first-order valence-corrected chi connectivity index (χ1v) is 24.4. The van der Waals surface area contributed by atoms with Gasteiger partial charge in [0.15, 0.2) is 0 Å². The Morgan fingerprint density at radius 3 is 1.31 bits per heavy atom. The van der Waals surface area contributed by atoms with E-state index >= 15 is 0 Å². The number of esters is 1. The molecule has 3 N–H and O–H groups in total. The third kappa shape index (κ3) is 42.7. The minimum Gasteiger partial charge on any atom is -0.462 e.